The zero-order valence-electron chi connectivity index (χ0n) is 14.7. The number of rotatable bonds is 3. The summed E-state index contributed by atoms with van der Waals surface area (Å²) in [6, 6.07) is 0. The standard InChI is InChI=1S/C20H30O3/c1-13-6-10-20-12-18(20,2)8-4-5-15(20)19(13,3)9-7-14-11-16(21)23-17(14)22/h11,13,15,17,22H,4-10,12H2,1-3H3. The SMILES string of the molecule is CC1CCC23CC2(C)CCCC3C1(C)CCC1=CC(=O)OC1O. The van der Waals surface area contributed by atoms with E-state index in [0.717, 1.165) is 30.3 Å². The van der Waals surface area contributed by atoms with Crippen LogP contribution in [0.2, 0.25) is 0 Å². The van der Waals surface area contributed by atoms with Gasteiger partial charge in [0, 0.05) is 11.6 Å². The van der Waals surface area contributed by atoms with Gasteiger partial charge in [-0.25, -0.2) is 4.79 Å². The monoisotopic (exact) mass is 318 g/mol. The Bertz CT molecular complexity index is 567. The van der Waals surface area contributed by atoms with Gasteiger partial charge in [-0.15, -0.1) is 0 Å². The molecule has 0 saturated heterocycles. The molecule has 0 aromatic heterocycles. The fourth-order valence-corrected chi connectivity index (χ4v) is 6.65. The van der Waals surface area contributed by atoms with Gasteiger partial charge in [0.15, 0.2) is 0 Å². The summed E-state index contributed by atoms with van der Waals surface area (Å²) in [7, 11) is 0. The van der Waals surface area contributed by atoms with Gasteiger partial charge in [0.1, 0.15) is 0 Å². The van der Waals surface area contributed by atoms with Gasteiger partial charge < -0.3 is 9.84 Å². The first kappa shape index (κ1) is 15.7. The lowest BCUT2D eigenvalue weighted by Gasteiger charge is -2.55. The largest absolute Gasteiger partial charge is 0.429 e. The number of aliphatic hydroxyl groups excluding tert-OH is 1. The van der Waals surface area contributed by atoms with Crippen molar-refractivity contribution in [1.29, 1.82) is 0 Å². The lowest BCUT2D eigenvalue weighted by molar-refractivity contribution is -0.151. The van der Waals surface area contributed by atoms with Crippen LogP contribution >= 0.6 is 0 Å². The van der Waals surface area contributed by atoms with Gasteiger partial charge in [-0.3, -0.25) is 0 Å². The first-order valence-electron chi connectivity index (χ1n) is 9.40. The van der Waals surface area contributed by atoms with Crippen molar-refractivity contribution in [3.63, 3.8) is 0 Å². The summed E-state index contributed by atoms with van der Waals surface area (Å²) in [5, 5.41) is 9.86. The molecular weight excluding hydrogens is 288 g/mol. The highest BCUT2D eigenvalue weighted by atomic mass is 16.6. The molecule has 0 radical (unpaired) electrons. The second-order valence-corrected chi connectivity index (χ2v) is 9.29. The fourth-order valence-electron chi connectivity index (χ4n) is 6.65. The van der Waals surface area contributed by atoms with Crippen LogP contribution in [0, 0.1) is 28.1 Å². The minimum absolute atomic E-state index is 0.322. The summed E-state index contributed by atoms with van der Waals surface area (Å²) in [4.78, 5) is 11.3. The average Bonchev–Trinajstić information content (AvgIpc) is 2.99. The van der Waals surface area contributed by atoms with E-state index >= 15 is 0 Å². The van der Waals surface area contributed by atoms with Gasteiger partial charge in [0.25, 0.3) is 0 Å². The first-order chi connectivity index (χ1) is 10.8. The highest BCUT2D eigenvalue weighted by molar-refractivity contribution is 5.85. The van der Waals surface area contributed by atoms with Crippen molar-refractivity contribution in [2.75, 3.05) is 0 Å². The van der Waals surface area contributed by atoms with Crippen LogP contribution in [0.3, 0.4) is 0 Å². The van der Waals surface area contributed by atoms with E-state index < -0.39 is 12.3 Å². The van der Waals surface area contributed by atoms with Gasteiger partial charge >= 0.3 is 5.97 Å². The summed E-state index contributed by atoms with van der Waals surface area (Å²) in [5.74, 6) is 1.14. The summed E-state index contributed by atoms with van der Waals surface area (Å²) in [6.07, 6.45) is 10.7. The van der Waals surface area contributed by atoms with E-state index in [9.17, 15) is 9.90 Å². The number of cyclic esters (lactones) is 1. The second kappa shape index (κ2) is 4.84. The fraction of sp³-hybridized carbons (Fsp3) is 0.850. The topological polar surface area (TPSA) is 46.5 Å². The van der Waals surface area contributed by atoms with E-state index in [4.69, 9.17) is 4.74 Å². The Hall–Kier alpha value is -0.830. The summed E-state index contributed by atoms with van der Waals surface area (Å²) < 4.78 is 4.85. The third-order valence-corrected chi connectivity index (χ3v) is 8.42. The van der Waals surface area contributed by atoms with E-state index in [-0.39, 0.29) is 0 Å². The summed E-state index contributed by atoms with van der Waals surface area (Å²) >= 11 is 0. The molecule has 0 bridgehead atoms. The Labute approximate surface area is 139 Å². The molecule has 6 atom stereocenters. The molecule has 1 spiro atoms. The quantitative estimate of drug-likeness (QED) is 0.793. The lowest BCUT2D eigenvalue weighted by atomic mass is 9.50. The summed E-state index contributed by atoms with van der Waals surface area (Å²) in [6.45, 7) is 7.42. The Morgan fingerprint density at radius 3 is 2.78 bits per heavy atom. The molecule has 4 aliphatic rings. The predicted octanol–water partition coefficient (Wildman–Crippen LogP) is 4.20. The molecule has 3 aliphatic carbocycles. The van der Waals surface area contributed by atoms with Crippen LogP contribution in [0.1, 0.15) is 72.1 Å². The Balaban J connectivity index is 1.55. The van der Waals surface area contributed by atoms with Gasteiger partial charge in [0.2, 0.25) is 6.29 Å². The minimum atomic E-state index is -1.00. The van der Waals surface area contributed by atoms with Crippen LogP contribution < -0.4 is 0 Å². The van der Waals surface area contributed by atoms with Crippen LogP contribution in [0.4, 0.5) is 0 Å². The predicted molar refractivity (Wildman–Crippen MR) is 88.4 cm³/mol. The maximum absolute atomic E-state index is 11.3. The molecule has 4 rings (SSSR count). The molecule has 3 saturated carbocycles. The molecule has 3 heteroatoms. The minimum Gasteiger partial charge on any atom is -0.429 e. The number of aliphatic hydroxyl groups is 1. The van der Waals surface area contributed by atoms with Gasteiger partial charge in [0.05, 0.1) is 0 Å². The Kier molecular flexibility index (Phi) is 3.30. The third-order valence-electron chi connectivity index (χ3n) is 8.42. The smallest absolute Gasteiger partial charge is 0.333 e. The molecule has 3 fully saturated rings. The van der Waals surface area contributed by atoms with Gasteiger partial charge in [-0.05, 0) is 73.0 Å². The van der Waals surface area contributed by atoms with Crippen molar-refractivity contribution >= 4 is 5.97 Å². The summed E-state index contributed by atoms with van der Waals surface area (Å²) in [5.41, 5.74) is 2.30. The first-order valence-corrected chi connectivity index (χ1v) is 9.40. The molecule has 0 aromatic carbocycles. The zero-order valence-corrected chi connectivity index (χ0v) is 14.7. The molecule has 128 valence electrons. The third kappa shape index (κ3) is 2.08. The number of carbonyl (C=O) groups excluding carboxylic acids is 1. The van der Waals surface area contributed by atoms with Crippen LogP contribution in [-0.2, 0) is 9.53 Å². The molecule has 23 heavy (non-hydrogen) atoms. The van der Waals surface area contributed by atoms with Gasteiger partial charge in [-0.1, -0.05) is 27.2 Å². The van der Waals surface area contributed by atoms with E-state index in [0.29, 0.717) is 16.2 Å². The van der Waals surface area contributed by atoms with Crippen molar-refractivity contribution in [2.24, 2.45) is 28.1 Å². The highest BCUT2D eigenvalue weighted by Gasteiger charge is 2.72. The Morgan fingerprint density at radius 2 is 2.09 bits per heavy atom. The van der Waals surface area contributed by atoms with E-state index in [1.54, 1.807) is 0 Å². The van der Waals surface area contributed by atoms with E-state index in [2.05, 4.69) is 20.8 Å². The van der Waals surface area contributed by atoms with Crippen molar-refractivity contribution < 1.29 is 14.6 Å². The van der Waals surface area contributed by atoms with Crippen LogP contribution in [0.15, 0.2) is 11.6 Å². The van der Waals surface area contributed by atoms with Crippen LogP contribution in [0.5, 0.6) is 0 Å². The number of hydrogen-bond acceptors (Lipinski definition) is 3. The zero-order chi connectivity index (χ0) is 16.5. The maximum atomic E-state index is 11.3. The molecule has 0 amide bonds. The van der Waals surface area contributed by atoms with Crippen LogP contribution in [-0.4, -0.2) is 17.4 Å². The maximum Gasteiger partial charge on any atom is 0.333 e. The van der Waals surface area contributed by atoms with Crippen molar-refractivity contribution in [3.8, 4) is 0 Å². The second-order valence-electron chi connectivity index (χ2n) is 9.29. The van der Waals surface area contributed by atoms with Crippen LogP contribution in [0.25, 0.3) is 0 Å². The lowest BCUT2D eigenvalue weighted by Crippen LogP contribution is -2.47. The number of hydrogen-bond donors (Lipinski definition) is 1. The molecule has 1 heterocycles. The number of carbonyl (C=O) groups is 1. The molecule has 0 aromatic rings. The van der Waals surface area contributed by atoms with Crippen molar-refractivity contribution in [3.05, 3.63) is 11.6 Å². The number of esters is 1. The molecular formula is C20H30O3. The molecule has 1 N–H and O–H groups in total. The molecule has 1 aliphatic heterocycles. The highest BCUT2D eigenvalue weighted by Crippen LogP contribution is 2.80. The van der Waals surface area contributed by atoms with E-state index in [1.807, 2.05) is 0 Å². The van der Waals surface area contributed by atoms with Crippen molar-refractivity contribution in [2.45, 2.75) is 78.4 Å². The normalized spacial score (nSPS) is 51.6. The average molecular weight is 318 g/mol. The van der Waals surface area contributed by atoms with Gasteiger partial charge in [-0.2, -0.15) is 0 Å². The van der Waals surface area contributed by atoms with E-state index in [1.165, 1.54) is 44.6 Å². The Morgan fingerprint density at radius 1 is 1.30 bits per heavy atom. The molecule has 3 nitrogen and oxygen atoms in total. The van der Waals surface area contributed by atoms with Crippen molar-refractivity contribution in [1.82, 2.24) is 0 Å². The number of ether oxygens (including phenoxy) is 1. The molecule has 6 unspecified atom stereocenters.